The largest absolute Gasteiger partial charge is 0.506 e. The smallest absolute Gasteiger partial charge is 0.258 e. The molecule has 1 N–H and O–H groups in total. The zero-order valence-electron chi connectivity index (χ0n) is 10.2. The molecule has 0 aliphatic carbocycles. The number of fused-ring (bicyclic) bond motifs is 1. The molecule has 2 aromatic rings. The van der Waals surface area contributed by atoms with Crippen molar-refractivity contribution in [3.8, 4) is 23.1 Å². The van der Waals surface area contributed by atoms with E-state index in [0.717, 1.165) is 5.69 Å². The molecule has 0 bridgehead atoms. The third-order valence-corrected chi connectivity index (χ3v) is 2.77. The van der Waals surface area contributed by atoms with Gasteiger partial charge in [0.2, 0.25) is 0 Å². The van der Waals surface area contributed by atoms with Crippen LogP contribution in [0, 0.1) is 0 Å². The molecule has 0 saturated heterocycles. The summed E-state index contributed by atoms with van der Waals surface area (Å²) in [5.74, 6) is 1.52. The van der Waals surface area contributed by atoms with Gasteiger partial charge < -0.3 is 19.3 Å². The summed E-state index contributed by atoms with van der Waals surface area (Å²) in [6.45, 7) is 0.317. The molecule has 1 atom stereocenters. The Kier molecular flexibility index (Phi) is 2.83. The molecule has 2 aromatic heterocycles. The topological polar surface area (TPSA) is 73.7 Å². The molecular weight excluding hydrogens is 248 g/mol. The van der Waals surface area contributed by atoms with Crippen molar-refractivity contribution in [3.05, 3.63) is 36.3 Å². The van der Waals surface area contributed by atoms with Gasteiger partial charge in [-0.3, -0.25) is 4.98 Å². The van der Waals surface area contributed by atoms with Crippen molar-refractivity contribution in [1.29, 1.82) is 0 Å². The Bertz CT molecular complexity index is 586. The van der Waals surface area contributed by atoms with E-state index in [-0.39, 0.29) is 11.9 Å². The Morgan fingerprint density at radius 1 is 1.32 bits per heavy atom. The van der Waals surface area contributed by atoms with Gasteiger partial charge in [-0.05, 0) is 12.1 Å². The molecule has 3 rings (SSSR count). The number of nitrogens with zero attached hydrogens (tertiary/aromatic N) is 2. The van der Waals surface area contributed by atoms with E-state index >= 15 is 0 Å². The first-order valence-electron chi connectivity index (χ1n) is 5.74. The first-order chi connectivity index (χ1) is 9.26. The van der Waals surface area contributed by atoms with Crippen LogP contribution in [0.2, 0.25) is 0 Å². The second-order valence-electron chi connectivity index (χ2n) is 4.04. The van der Waals surface area contributed by atoms with Gasteiger partial charge in [0.15, 0.2) is 11.9 Å². The van der Waals surface area contributed by atoms with Crippen molar-refractivity contribution in [2.75, 3.05) is 13.7 Å². The fourth-order valence-electron chi connectivity index (χ4n) is 1.80. The van der Waals surface area contributed by atoms with Gasteiger partial charge in [0, 0.05) is 6.07 Å². The van der Waals surface area contributed by atoms with Crippen LogP contribution in [-0.4, -0.2) is 28.8 Å². The predicted molar refractivity (Wildman–Crippen MR) is 65.6 cm³/mol. The van der Waals surface area contributed by atoms with Crippen LogP contribution in [0.1, 0.15) is 11.8 Å². The lowest BCUT2D eigenvalue weighted by molar-refractivity contribution is 0.0816. The predicted octanol–water partition coefficient (Wildman–Crippen LogP) is 1.70. The molecule has 1 aliphatic heterocycles. The van der Waals surface area contributed by atoms with Crippen LogP contribution in [0.3, 0.4) is 0 Å². The van der Waals surface area contributed by atoms with E-state index in [4.69, 9.17) is 14.2 Å². The van der Waals surface area contributed by atoms with Gasteiger partial charge in [-0.2, -0.15) is 0 Å². The van der Waals surface area contributed by atoms with Gasteiger partial charge in [0.05, 0.1) is 25.2 Å². The summed E-state index contributed by atoms with van der Waals surface area (Å²) in [5.41, 5.74) is 0.737. The maximum Gasteiger partial charge on any atom is 0.258 e. The quantitative estimate of drug-likeness (QED) is 0.886. The summed E-state index contributed by atoms with van der Waals surface area (Å²) in [7, 11) is 1.59. The Balaban J connectivity index is 1.82. The number of aromatic hydroxyl groups is 1. The fourth-order valence-corrected chi connectivity index (χ4v) is 1.80. The maximum absolute atomic E-state index is 9.30. The summed E-state index contributed by atoms with van der Waals surface area (Å²) in [6, 6.07) is 5.10. The number of hydrogen-bond donors (Lipinski definition) is 1. The van der Waals surface area contributed by atoms with E-state index in [1.807, 2.05) is 12.1 Å². The second-order valence-corrected chi connectivity index (χ2v) is 4.04. The molecule has 19 heavy (non-hydrogen) atoms. The molecule has 0 spiro atoms. The SMILES string of the molecule is COc1ccc(C2COc3cc(O)cnc3O2)nc1. The second kappa shape index (κ2) is 4.64. The monoisotopic (exact) mass is 260 g/mol. The van der Waals surface area contributed by atoms with Crippen molar-refractivity contribution < 1.29 is 19.3 Å². The molecule has 1 aliphatic rings. The summed E-state index contributed by atoms with van der Waals surface area (Å²) in [6.07, 6.45) is 2.61. The molecule has 0 amide bonds. The van der Waals surface area contributed by atoms with Gasteiger partial charge in [-0.15, -0.1) is 0 Å². The average Bonchev–Trinajstić information content (AvgIpc) is 2.47. The molecule has 6 nitrogen and oxygen atoms in total. The molecule has 0 saturated carbocycles. The maximum atomic E-state index is 9.30. The number of ether oxygens (including phenoxy) is 3. The van der Waals surface area contributed by atoms with Crippen molar-refractivity contribution in [1.82, 2.24) is 9.97 Å². The normalized spacial score (nSPS) is 17.0. The zero-order chi connectivity index (χ0) is 13.2. The number of hydrogen-bond acceptors (Lipinski definition) is 6. The van der Waals surface area contributed by atoms with Crippen molar-refractivity contribution >= 4 is 0 Å². The summed E-state index contributed by atoms with van der Waals surface area (Å²) < 4.78 is 16.3. The molecule has 0 radical (unpaired) electrons. The lowest BCUT2D eigenvalue weighted by atomic mass is 10.2. The Morgan fingerprint density at radius 2 is 2.21 bits per heavy atom. The van der Waals surface area contributed by atoms with Gasteiger partial charge >= 0.3 is 0 Å². The summed E-state index contributed by atoms with van der Waals surface area (Å²) >= 11 is 0. The van der Waals surface area contributed by atoms with Crippen LogP contribution in [0.4, 0.5) is 0 Å². The lowest BCUT2D eigenvalue weighted by Gasteiger charge is -2.25. The van der Waals surface area contributed by atoms with E-state index in [0.29, 0.717) is 24.0 Å². The molecular formula is C13H12N2O4. The Labute approximate surface area is 109 Å². The number of aromatic nitrogens is 2. The van der Waals surface area contributed by atoms with Gasteiger partial charge in [-0.25, -0.2) is 4.98 Å². The summed E-state index contributed by atoms with van der Waals surface area (Å²) in [4.78, 5) is 8.24. The highest BCUT2D eigenvalue weighted by atomic mass is 16.6. The standard InChI is InChI=1S/C13H12N2O4/c1-17-9-2-3-10(14-6-9)12-7-18-11-4-8(16)5-15-13(11)19-12/h2-6,12,16H,7H2,1H3. The molecule has 1 unspecified atom stereocenters. The third kappa shape index (κ3) is 2.24. The Morgan fingerprint density at radius 3 is 2.95 bits per heavy atom. The number of pyridine rings is 2. The van der Waals surface area contributed by atoms with E-state index in [1.165, 1.54) is 12.3 Å². The average molecular weight is 260 g/mol. The van der Waals surface area contributed by atoms with Gasteiger partial charge in [0.25, 0.3) is 5.88 Å². The van der Waals surface area contributed by atoms with E-state index in [1.54, 1.807) is 13.3 Å². The number of rotatable bonds is 2. The highest BCUT2D eigenvalue weighted by Gasteiger charge is 2.25. The molecule has 0 fully saturated rings. The van der Waals surface area contributed by atoms with Crippen molar-refractivity contribution in [2.24, 2.45) is 0 Å². The fraction of sp³-hybridized carbons (Fsp3) is 0.231. The first kappa shape index (κ1) is 11.6. The highest BCUT2D eigenvalue weighted by molar-refractivity contribution is 5.40. The molecule has 98 valence electrons. The molecule has 6 heteroatoms. The summed E-state index contributed by atoms with van der Waals surface area (Å²) in [5, 5.41) is 9.30. The van der Waals surface area contributed by atoms with Crippen LogP contribution < -0.4 is 14.2 Å². The van der Waals surface area contributed by atoms with Crippen LogP contribution in [0.15, 0.2) is 30.6 Å². The third-order valence-electron chi connectivity index (χ3n) is 2.77. The van der Waals surface area contributed by atoms with E-state index < -0.39 is 0 Å². The van der Waals surface area contributed by atoms with Crippen LogP contribution in [0.5, 0.6) is 23.1 Å². The zero-order valence-corrected chi connectivity index (χ0v) is 10.2. The van der Waals surface area contributed by atoms with E-state index in [2.05, 4.69) is 9.97 Å². The van der Waals surface area contributed by atoms with E-state index in [9.17, 15) is 5.11 Å². The lowest BCUT2D eigenvalue weighted by Crippen LogP contribution is -2.23. The van der Waals surface area contributed by atoms with Crippen molar-refractivity contribution in [3.63, 3.8) is 0 Å². The van der Waals surface area contributed by atoms with Gasteiger partial charge in [0.1, 0.15) is 18.1 Å². The number of methoxy groups -OCH3 is 1. The van der Waals surface area contributed by atoms with Crippen LogP contribution in [0.25, 0.3) is 0 Å². The van der Waals surface area contributed by atoms with Crippen LogP contribution >= 0.6 is 0 Å². The minimum absolute atomic E-state index is 0.0448. The Hall–Kier alpha value is -2.50. The minimum Gasteiger partial charge on any atom is -0.506 e. The van der Waals surface area contributed by atoms with Gasteiger partial charge in [-0.1, -0.05) is 0 Å². The molecule has 3 heterocycles. The van der Waals surface area contributed by atoms with Crippen LogP contribution in [-0.2, 0) is 0 Å². The minimum atomic E-state index is -0.324. The molecule has 0 aromatic carbocycles. The van der Waals surface area contributed by atoms with Crippen molar-refractivity contribution in [2.45, 2.75) is 6.10 Å². The first-order valence-corrected chi connectivity index (χ1v) is 5.74. The highest BCUT2D eigenvalue weighted by Crippen LogP contribution is 2.35.